The highest BCUT2D eigenvalue weighted by atomic mass is 79.9. The molecule has 0 saturated carbocycles. The van der Waals surface area contributed by atoms with Gasteiger partial charge >= 0.3 is 0 Å². The van der Waals surface area contributed by atoms with E-state index in [1.807, 2.05) is 7.05 Å². The molecule has 108 valence electrons. The van der Waals surface area contributed by atoms with E-state index in [9.17, 15) is 0 Å². The van der Waals surface area contributed by atoms with Gasteiger partial charge in [-0.05, 0) is 60.4 Å². The Kier molecular flexibility index (Phi) is 5.69. The summed E-state index contributed by atoms with van der Waals surface area (Å²) in [7, 11) is 1.98. The maximum Gasteiger partial charge on any atom is 0.169 e. The standard InChI is InChI=1S/C15H20BrN3S/c1-4-12-11(6-7-17-3)13(5-2)19-15(18-12)14-8-10(16)9-20-14/h8-9,17H,4-7H2,1-3H3. The van der Waals surface area contributed by atoms with Gasteiger partial charge in [-0.1, -0.05) is 13.8 Å². The molecule has 0 aliphatic rings. The van der Waals surface area contributed by atoms with Crippen LogP contribution in [-0.2, 0) is 19.3 Å². The molecule has 0 bridgehead atoms. The Balaban J connectivity index is 2.46. The van der Waals surface area contributed by atoms with E-state index in [4.69, 9.17) is 9.97 Å². The van der Waals surface area contributed by atoms with Gasteiger partial charge in [-0.3, -0.25) is 0 Å². The SMILES string of the molecule is CCc1nc(-c2cc(Br)cs2)nc(CC)c1CCNC. The molecule has 0 aliphatic carbocycles. The lowest BCUT2D eigenvalue weighted by Crippen LogP contribution is -2.15. The Morgan fingerprint density at radius 2 is 1.85 bits per heavy atom. The van der Waals surface area contributed by atoms with Crippen LogP contribution in [0.2, 0.25) is 0 Å². The lowest BCUT2D eigenvalue weighted by molar-refractivity contribution is 0.760. The fourth-order valence-corrected chi connectivity index (χ4v) is 3.61. The van der Waals surface area contributed by atoms with Crippen LogP contribution in [0.3, 0.4) is 0 Å². The van der Waals surface area contributed by atoms with Gasteiger partial charge in [0.2, 0.25) is 0 Å². The molecular weight excluding hydrogens is 334 g/mol. The molecule has 5 heteroatoms. The van der Waals surface area contributed by atoms with Crippen molar-refractivity contribution in [2.75, 3.05) is 13.6 Å². The van der Waals surface area contributed by atoms with Crippen LogP contribution >= 0.6 is 27.3 Å². The Bertz CT molecular complexity index is 555. The monoisotopic (exact) mass is 353 g/mol. The van der Waals surface area contributed by atoms with Crippen molar-refractivity contribution in [2.45, 2.75) is 33.1 Å². The number of likely N-dealkylation sites (N-methyl/N-ethyl adjacent to an activating group) is 1. The molecule has 0 saturated heterocycles. The number of aromatic nitrogens is 2. The first kappa shape index (κ1) is 15.6. The third-order valence-corrected chi connectivity index (χ3v) is 4.95. The summed E-state index contributed by atoms with van der Waals surface area (Å²) in [6.07, 6.45) is 2.90. The average Bonchev–Trinajstić information content (AvgIpc) is 2.90. The number of thiophene rings is 1. The minimum atomic E-state index is 0.864. The number of hydrogen-bond acceptors (Lipinski definition) is 4. The van der Waals surface area contributed by atoms with Crippen molar-refractivity contribution in [3.63, 3.8) is 0 Å². The van der Waals surface area contributed by atoms with Crippen LogP contribution in [-0.4, -0.2) is 23.6 Å². The molecule has 20 heavy (non-hydrogen) atoms. The summed E-state index contributed by atoms with van der Waals surface area (Å²) in [6, 6.07) is 2.09. The lowest BCUT2D eigenvalue weighted by Gasteiger charge is -2.13. The summed E-state index contributed by atoms with van der Waals surface area (Å²) < 4.78 is 1.09. The summed E-state index contributed by atoms with van der Waals surface area (Å²) in [5.74, 6) is 0.864. The van der Waals surface area contributed by atoms with Crippen molar-refractivity contribution in [3.8, 4) is 10.7 Å². The van der Waals surface area contributed by atoms with Crippen molar-refractivity contribution in [1.82, 2.24) is 15.3 Å². The van der Waals surface area contributed by atoms with Gasteiger partial charge in [0.15, 0.2) is 5.82 Å². The maximum absolute atomic E-state index is 4.79. The van der Waals surface area contributed by atoms with Gasteiger partial charge < -0.3 is 5.32 Å². The Labute approximate surface area is 133 Å². The zero-order valence-electron chi connectivity index (χ0n) is 12.2. The Morgan fingerprint density at radius 1 is 1.20 bits per heavy atom. The van der Waals surface area contributed by atoms with Gasteiger partial charge in [-0.2, -0.15) is 0 Å². The van der Waals surface area contributed by atoms with Crippen LogP contribution in [0, 0.1) is 0 Å². The number of aryl methyl sites for hydroxylation is 2. The topological polar surface area (TPSA) is 37.8 Å². The number of rotatable bonds is 6. The van der Waals surface area contributed by atoms with Crippen LogP contribution in [0.15, 0.2) is 15.9 Å². The summed E-state index contributed by atoms with van der Waals surface area (Å²) in [6.45, 7) is 5.30. The summed E-state index contributed by atoms with van der Waals surface area (Å²) in [4.78, 5) is 10.7. The Hall–Kier alpha value is -0.780. The third kappa shape index (κ3) is 3.45. The molecule has 2 aromatic heterocycles. The second-order valence-electron chi connectivity index (χ2n) is 4.61. The zero-order valence-corrected chi connectivity index (χ0v) is 14.6. The first-order valence-corrected chi connectivity index (χ1v) is 8.64. The van der Waals surface area contributed by atoms with Crippen LogP contribution < -0.4 is 5.32 Å². The molecule has 0 amide bonds. The maximum atomic E-state index is 4.79. The molecule has 2 rings (SSSR count). The fraction of sp³-hybridized carbons (Fsp3) is 0.467. The molecule has 3 nitrogen and oxygen atoms in total. The molecule has 1 N–H and O–H groups in total. The first-order chi connectivity index (χ1) is 9.69. The number of nitrogens with zero attached hydrogens (tertiary/aromatic N) is 2. The third-order valence-electron chi connectivity index (χ3n) is 3.26. The number of halogens is 1. The minimum absolute atomic E-state index is 0.864. The van der Waals surface area contributed by atoms with Crippen molar-refractivity contribution in [1.29, 1.82) is 0 Å². The highest BCUT2D eigenvalue weighted by Gasteiger charge is 2.14. The second kappa shape index (κ2) is 7.29. The van der Waals surface area contributed by atoms with Crippen molar-refractivity contribution in [2.24, 2.45) is 0 Å². The van der Waals surface area contributed by atoms with Crippen molar-refractivity contribution in [3.05, 3.63) is 32.9 Å². The number of nitrogens with one attached hydrogen (secondary N) is 1. The molecule has 2 aromatic rings. The summed E-state index contributed by atoms with van der Waals surface area (Å²) in [5.41, 5.74) is 3.70. The van der Waals surface area contributed by atoms with Crippen molar-refractivity contribution < 1.29 is 0 Å². The van der Waals surface area contributed by atoms with Crippen LogP contribution in [0.5, 0.6) is 0 Å². The van der Waals surface area contributed by atoms with E-state index < -0.39 is 0 Å². The molecule has 0 aliphatic heterocycles. The average molecular weight is 354 g/mol. The normalized spacial score (nSPS) is 11.0. The lowest BCUT2D eigenvalue weighted by atomic mass is 10.0. The van der Waals surface area contributed by atoms with E-state index in [1.165, 1.54) is 17.0 Å². The van der Waals surface area contributed by atoms with E-state index in [0.29, 0.717) is 0 Å². The van der Waals surface area contributed by atoms with E-state index in [-0.39, 0.29) is 0 Å². The molecule has 0 unspecified atom stereocenters. The van der Waals surface area contributed by atoms with E-state index in [2.05, 4.69) is 46.5 Å². The van der Waals surface area contributed by atoms with E-state index >= 15 is 0 Å². The minimum Gasteiger partial charge on any atom is -0.319 e. The largest absolute Gasteiger partial charge is 0.319 e. The van der Waals surface area contributed by atoms with E-state index in [0.717, 1.165) is 41.0 Å². The highest BCUT2D eigenvalue weighted by Crippen LogP contribution is 2.29. The summed E-state index contributed by atoms with van der Waals surface area (Å²) >= 11 is 5.18. The smallest absolute Gasteiger partial charge is 0.169 e. The number of hydrogen-bond donors (Lipinski definition) is 1. The van der Waals surface area contributed by atoms with Crippen LogP contribution in [0.4, 0.5) is 0 Å². The molecule has 2 heterocycles. The van der Waals surface area contributed by atoms with Crippen molar-refractivity contribution >= 4 is 27.3 Å². The van der Waals surface area contributed by atoms with Gasteiger partial charge in [0.05, 0.1) is 4.88 Å². The zero-order chi connectivity index (χ0) is 14.5. The molecule has 0 fully saturated rings. The molecule has 0 aromatic carbocycles. The Morgan fingerprint density at radius 3 is 2.30 bits per heavy atom. The first-order valence-electron chi connectivity index (χ1n) is 6.97. The van der Waals surface area contributed by atoms with Crippen LogP contribution in [0.1, 0.15) is 30.8 Å². The molecular formula is C15H20BrN3S. The van der Waals surface area contributed by atoms with Crippen LogP contribution in [0.25, 0.3) is 10.7 Å². The van der Waals surface area contributed by atoms with Gasteiger partial charge in [0.1, 0.15) is 0 Å². The van der Waals surface area contributed by atoms with Gasteiger partial charge in [0, 0.05) is 21.2 Å². The predicted octanol–water partition coefficient (Wildman–Crippen LogP) is 3.85. The molecule has 0 radical (unpaired) electrons. The van der Waals surface area contributed by atoms with Gasteiger partial charge in [0.25, 0.3) is 0 Å². The summed E-state index contributed by atoms with van der Waals surface area (Å²) in [5, 5.41) is 5.28. The fourth-order valence-electron chi connectivity index (χ4n) is 2.25. The van der Waals surface area contributed by atoms with Gasteiger partial charge in [-0.25, -0.2) is 9.97 Å². The van der Waals surface area contributed by atoms with E-state index in [1.54, 1.807) is 11.3 Å². The quantitative estimate of drug-likeness (QED) is 0.856. The predicted molar refractivity (Wildman–Crippen MR) is 89.4 cm³/mol. The second-order valence-corrected chi connectivity index (χ2v) is 6.44. The highest BCUT2D eigenvalue weighted by molar-refractivity contribution is 9.10. The molecule has 0 atom stereocenters. The molecule has 0 spiro atoms. The van der Waals surface area contributed by atoms with Gasteiger partial charge in [-0.15, -0.1) is 11.3 Å².